The van der Waals surface area contributed by atoms with Crippen LogP contribution in [0, 0.1) is 0 Å². The van der Waals surface area contributed by atoms with Crippen LogP contribution in [0.3, 0.4) is 0 Å². The van der Waals surface area contributed by atoms with Crippen LogP contribution in [0.2, 0.25) is 0 Å². The average molecular weight is 422 g/mol. The van der Waals surface area contributed by atoms with Crippen LogP contribution in [0.1, 0.15) is 45.0 Å². The molecule has 0 atom stereocenters. The molecule has 0 aliphatic rings. The number of amides is 2. The molecule has 156 valence electrons. The van der Waals surface area contributed by atoms with Crippen LogP contribution in [0.4, 0.5) is 5.69 Å². The van der Waals surface area contributed by atoms with Crippen LogP contribution >= 0.6 is 11.3 Å². The van der Waals surface area contributed by atoms with E-state index < -0.39 is 0 Å². The fourth-order valence-electron chi connectivity index (χ4n) is 3.16. The molecule has 5 nitrogen and oxygen atoms in total. The third-order valence-electron chi connectivity index (χ3n) is 5.00. The summed E-state index contributed by atoms with van der Waals surface area (Å²) in [6.07, 6.45) is 0. The van der Waals surface area contributed by atoms with E-state index in [0.29, 0.717) is 22.7 Å². The van der Waals surface area contributed by atoms with Crippen molar-refractivity contribution in [2.45, 2.75) is 26.9 Å². The molecule has 2 N–H and O–H groups in total. The standard InChI is InChI=1S/C24H27N3O2S/c1-3-27(4-2)17-20-9-6-5-8-19(20)16-25-23(28)18-11-13-21(14-12-18)26-24(29)22-10-7-15-30-22/h5-15H,3-4,16-17H2,1-2H3,(H,25,28)(H,26,29). The van der Waals surface area contributed by atoms with E-state index in [1.807, 2.05) is 23.6 Å². The van der Waals surface area contributed by atoms with E-state index in [0.717, 1.165) is 25.2 Å². The van der Waals surface area contributed by atoms with Gasteiger partial charge < -0.3 is 10.6 Å². The Morgan fingerprint density at radius 1 is 0.867 bits per heavy atom. The van der Waals surface area contributed by atoms with Crippen LogP contribution in [-0.2, 0) is 13.1 Å². The molecular formula is C24H27N3O2S. The van der Waals surface area contributed by atoms with E-state index in [2.05, 4.69) is 41.5 Å². The van der Waals surface area contributed by atoms with Gasteiger partial charge >= 0.3 is 0 Å². The van der Waals surface area contributed by atoms with Gasteiger partial charge in [-0.1, -0.05) is 44.2 Å². The molecule has 3 rings (SSSR count). The molecule has 0 aliphatic heterocycles. The third-order valence-corrected chi connectivity index (χ3v) is 5.86. The quantitative estimate of drug-likeness (QED) is 0.523. The van der Waals surface area contributed by atoms with Gasteiger partial charge in [0.1, 0.15) is 0 Å². The first-order chi connectivity index (χ1) is 14.6. The number of carbonyl (C=O) groups is 2. The first-order valence-electron chi connectivity index (χ1n) is 10.1. The molecule has 30 heavy (non-hydrogen) atoms. The van der Waals surface area contributed by atoms with Crippen molar-refractivity contribution in [3.8, 4) is 0 Å². The second kappa shape index (κ2) is 10.7. The minimum Gasteiger partial charge on any atom is -0.348 e. The van der Waals surface area contributed by atoms with Gasteiger partial charge in [-0.2, -0.15) is 0 Å². The number of nitrogens with one attached hydrogen (secondary N) is 2. The van der Waals surface area contributed by atoms with Gasteiger partial charge in [0.25, 0.3) is 11.8 Å². The van der Waals surface area contributed by atoms with E-state index >= 15 is 0 Å². The Morgan fingerprint density at radius 2 is 1.57 bits per heavy atom. The summed E-state index contributed by atoms with van der Waals surface area (Å²) >= 11 is 1.39. The maximum absolute atomic E-state index is 12.6. The highest BCUT2D eigenvalue weighted by Gasteiger charge is 2.10. The topological polar surface area (TPSA) is 61.4 Å². The summed E-state index contributed by atoms with van der Waals surface area (Å²) in [7, 11) is 0. The third kappa shape index (κ3) is 5.78. The number of thiophene rings is 1. The summed E-state index contributed by atoms with van der Waals surface area (Å²) in [5, 5.41) is 7.71. The number of nitrogens with zero attached hydrogens (tertiary/aromatic N) is 1. The predicted octanol–water partition coefficient (Wildman–Crippen LogP) is 4.77. The largest absolute Gasteiger partial charge is 0.348 e. The van der Waals surface area contributed by atoms with Crippen molar-refractivity contribution in [1.29, 1.82) is 0 Å². The fraction of sp³-hybridized carbons (Fsp3) is 0.250. The van der Waals surface area contributed by atoms with Crippen molar-refractivity contribution in [2.75, 3.05) is 18.4 Å². The van der Waals surface area contributed by atoms with Gasteiger partial charge in [0.15, 0.2) is 0 Å². The summed E-state index contributed by atoms with van der Waals surface area (Å²) in [6, 6.07) is 18.8. The number of benzene rings is 2. The van der Waals surface area contributed by atoms with Gasteiger partial charge in [-0.05, 0) is 59.9 Å². The van der Waals surface area contributed by atoms with Crippen molar-refractivity contribution >= 4 is 28.8 Å². The summed E-state index contributed by atoms with van der Waals surface area (Å²) in [5.41, 5.74) is 3.57. The Kier molecular flexibility index (Phi) is 7.76. The zero-order valence-electron chi connectivity index (χ0n) is 17.4. The molecule has 0 saturated carbocycles. The second-order valence-corrected chi connectivity index (χ2v) is 7.87. The fourth-order valence-corrected chi connectivity index (χ4v) is 3.77. The Hall–Kier alpha value is -2.96. The molecule has 6 heteroatoms. The van der Waals surface area contributed by atoms with Crippen LogP contribution in [-0.4, -0.2) is 29.8 Å². The summed E-state index contributed by atoms with van der Waals surface area (Å²) in [6.45, 7) is 7.64. The Morgan fingerprint density at radius 3 is 2.20 bits per heavy atom. The van der Waals surface area contributed by atoms with Crippen LogP contribution in [0.15, 0.2) is 66.0 Å². The maximum Gasteiger partial charge on any atom is 0.265 e. The smallest absolute Gasteiger partial charge is 0.265 e. The number of anilines is 1. The number of hydrogen-bond donors (Lipinski definition) is 2. The maximum atomic E-state index is 12.6. The minimum absolute atomic E-state index is 0.135. The molecule has 1 aromatic heterocycles. The lowest BCUT2D eigenvalue weighted by Gasteiger charge is -2.20. The molecule has 2 aromatic carbocycles. The number of carbonyl (C=O) groups excluding carboxylic acids is 2. The second-order valence-electron chi connectivity index (χ2n) is 6.92. The highest BCUT2D eigenvalue weighted by atomic mass is 32.1. The van der Waals surface area contributed by atoms with Gasteiger partial charge in [0, 0.05) is 24.3 Å². The van der Waals surface area contributed by atoms with Gasteiger partial charge in [-0.25, -0.2) is 0 Å². The van der Waals surface area contributed by atoms with E-state index in [1.165, 1.54) is 16.9 Å². The molecule has 0 fully saturated rings. The normalized spacial score (nSPS) is 10.8. The molecule has 0 bridgehead atoms. The lowest BCUT2D eigenvalue weighted by Crippen LogP contribution is -2.26. The van der Waals surface area contributed by atoms with Crippen molar-refractivity contribution in [3.63, 3.8) is 0 Å². The van der Waals surface area contributed by atoms with E-state index in [9.17, 15) is 9.59 Å². The van der Waals surface area contributed by atoms with Crippen LogP contribution < -0.4 is 10.6 Å². The SMILES string of the molecule is CCN(CC)Cc1ccccc1CNC(=O)c1ccc(NC(=O)c2cccs2)cc1. The van der Waals surface area contributed by atoms with E-state index in [4.69, 9.17) is 0 Å². The monoisotopic (exact) mass is 421 g/mol. The Labute approximate surface area is 181 Å². The van der Waals surface area contributed by atoms with E-state index in [1.54, 1.807) is 30.3 Å². The molecule has 0 aliphatic carbocycles. The van der Waals surface area contributed by atoms with Gasteiger partial charge in [0.05, 0.1) is 4.88 Å². The lowest BCUT2D eigenvalue weighted by atomic mass is 10.1. The zero-order valence-corrected chi connectivity index (χ0v) is 18.2. The summed E-state index contributed by atoms with van der Waals surface area (Å²) < 4.78 is 0. The van der Waals surface area contributed by atoms with Crippen LogP contribution in [0.5, 0.6) is 0 Å². The predicted molar refractivity (Wildman–Crippen MR) is 123 cm³/mol. The highest BCUT2D eigenvalue weighted by molar-refractivity contribution is 7.12. The van der Waals surface area contributed by atoms with Gasteiger partial charge in [-0.3, -0.25) is 14.5 Å². The van der Waals surface area contributed by atoms with Crippen molar-refractivity contribution < 1.29 is 9.59 Å². The minimum atomic E-state index is -0.146. The molecule has 3 aromatic rings. The molecule has 2 amide bonds. The van der Waals surface area contributed by atoms with Crippen LogP contribution in [0.25, 0.3) is 0 Å². The van der Waals surface area contributed by atoms with Gasteiger partial charge in [0.2, 0.25) is 0 Å². The highest BCUT2D eigenvalue weighted by Crippen LogP contribution is 2.15. The molecule has 1 heterocycles. The Balaban J connectivity index is 1.58. The average Bonchev–Trinajstić information content (AvgIpc) is 3.32. The van der Waals surface area contributed by atoms with Crippen molar-refractivity contribution in [3.05, 3.63) is 87.6 Å². The number of rotatable bonds is 9. The molecule has 0 unspecified atom stereocenters. The first-order valence-corrected chi connectivity index (χ1v) is 11.0. The summed E-state index contributed by atoms with van der Waals surface area (Å²) in [4.78, 5) is 27.7. The zero-order chi connectivity index (χ0) is 21.3. The lowest BCUT2D eigenvalue weighted by molar-refractivity contribution is 0.0950. The van der Waals surface area contributed by atoms with Crippen molar-refractivity contribution in [1.82, 2.24) is 10.2 Å². The Bertz CT molecular complexity index is 964. The molecule has 0 radical (unpaired) electrons. The van der Waals surface area contributed by atoms with Crippen molar-refractivity contribution in [2.24, 2.45) is 0 Å². The molecular weight excluding hydrogens is 394 g/mol. The van der Waals surface area contributed by atoms with Gasteiger partial charge in [-0.15, -0.1) is 11.3 Å². The van der Waals surface area contributed by atoms with E-state index in [-0.39, 0.29) is 11.8 Å². The molecule has 0 saturated heterocycles. The summed E-state index contributed by atoms with van der Waals surface area (Å²) in [5.74, 6) is -0.282. The molecule has 0 spiro atoms. The number of hydrogen-bond acceptors (Lipinski definition) is 4. The first kappa shape index (κ1) is 21.7.